The first-order chi connectivity index (χ1) is 8.02. The Morgan fingerprint density at radius 3 is 2.06 bits per heavy atom. The lowest BCUT2D eigenvalue weighted by atomic mass is 9.72. The first kappa shape index (κ1) is 13.4. The van der Waals surface area contributed by atoms with Crippen molar-refractivity contribution in [2.75, 3.05) is 0 Å². The van der Waals surface area contributed by atoms with Crippen LogP contribution in [0.25, 0.3) is 0 Å². The molecule has 0 aromatic rings. The molecule has 1 heterocycles. The second-order valence-electron chi connectivity index (χ2n) is 4.06. The van der Waals surface area contributed by atoms with Crippen molar-refractivity contribution in [3.8, 4) is 0 Å². The highest BCUT2D eigenvalue weighted by Crippen LogP contribution is 2.36. The summed E-state index contributed by atoms with van der Waals surface area (Å²) in [6.45, 7) is 5.60. The maximum absolute atomic E-state index is 12.1. The standard InChI is InChI=1S/C12H18N2O3/c1-4-7-12(8(5-2)6-3)9(15)13-11(17)14-10(12)16/h5H,4,6-7H2,1-3H3,(H2,13,14,15,16,17)/b8-5-. The summed E-state index contributed by atoms with van der Waals surface area (Å²) < 4.78 is 0. The largest absolute Gasteiger partial charge is 0.328 e. The van der Waals surface area contributed by atoms with Crippen molar-refractivity contribution in [3.63, 3.8) is 0 Å². The number of rotatable bonds is 4. The van der Waals surface area contributed by atoms with E-state index in [-0.39, 0.29) is 0 Å². The van der Waals surface area contributed by atoms with Crippen LogP contribution in [0.5, 0.6) is 0 Å². The zero-order chi connectivity index (χ0) is 13.1. The summed E-state index contributed by atoms with van der Waals surface area (Å²) in [5.41, 5.74) is -0.464. The average Bonchev–Trinajstić information content (AvgIpc) is 2.26. The molecule has 0 spiro atoms. The fourth-order valence-electron chi connectivity index (χ4n) is 2.36. The van der Waals surface area contributed by atoms with E-state index in [2.05, 4.69) is 10.6 Å². The number of nitrogens with one attached hydrogen (secondary N) is 2. The summed E-state index contributed by atoms with van der Waals surface area (Å²) in [7, 11) is 0. The molecular weight excluding hydrogens is 220 g/mol. The molecule has 0 aromatic heterocycles. The Labute approximate surface area is 101 Å². The quantitative estimate of drug-likeness (QED) is 0.575. The van der Waals surface area contributed by atoms with Crippen LogP contribution in [0, 0.1) is 5.41 Å². The SMILES string of the molecule is C/C=C(/CC)C1(CCC)C(=O)NC(=O)NC1=O. The Morgan fingerprint density at radius 1 is 1.18 bits per heavy atom. The molecule has 1 aliphatic rings. The number of hydrogen-bond acceptors (Lipinski definition) is 3. The molecular formula is C12H18N2O3. The number of amides is 4. The van der Waals surface area contributed by atoms with Crippen molar-refractivity contribution in [2.45, 2.75) is 40.0 Å². The molecule has 0 aromatic carbocycles. The second kappa shape index (κ2) is 5.12. The molecule has 94 valence electrons. The lowest BCUT2D eigenvalue weighted by Crippen LogP contribution is -2.63. The van der Waals surface area contributed by atoms with Crippen molar-refractivity contribution >= 4 is 17.8 Å². The first-order valence-corrected chi connectivity index (χ1v) is 5.85. The predicted octanol–water partition coefficient (Wildman–Crippen LogP) is 1.50. The Hall–Kier alpha value is -1.65. The molecule has 1 aliphatic heterocycles. The van der Waals surface area contributed by atoms with Gasteiger partial charge in [-0.2, -0.15) is 0 Å². The maximum atomic E-state index is 12.1. The monoisotopic (exact) mass is 238 g/mol. The van der Waals surface area contributed by atoms with E-state index in [0.29, 0.717) is 19.3 Å². The summed E-state index contributed by atoms with van der Waals surface area (Å²) in [6.07, 6.45) is 3.48. The van der Waals surface area contributed by atoms with E-state index in [9.17, 15) is 14.4 Å². The molecule has 17 heavy (non-hydrogen) atoms. The third-order valence-electron chi connectivity index (χ3n) is 3.13. The molecule has 4 amide bonds. The van der Waals surface area contributed by atoms with Crippen molar-refractivity contribution in [1.82, 2.24) is 10.6 Å². The highest BCUT2D eigenvalue weighted by atomic mass is 16.2. The Bertz CT molecular complexity index is 365. The molecule has 2 N–H and O–H groups in total. The maximum Gasteiger partial charge on any atom is 0.328 e. The van der Waals surface area contributed by atoms with Crippen LogP contribution >= 0.6 is 0 Å². The summed E-state index contributed by atoms with van der Waals surface area (Å²) in [6, 6.07) is -0.738. The smallest absolute Gasteiger partial charge is 0.277 e. The van der Waals surface area contributed by atoms with Gasteiger partial charge in [-0.3, -0.25) is 20.2 Å². The highest BCUT2D eigenvalue weighted by molar-refractivity contribution is 6.21. The van der Waals surface area contributed by atoms with Gasteiger partial charge in [-0.1, -0.05) is 26.3 Å². The van der Waals surface area contributed by atoms with Gasteiger partial charge in [-0.25, -0.2) is 4.79 Å². The summed E-state index contributed by atoms with van der Waals surface area (Å²) in [5.74, 6) is -1.02. The Kier molecular flexibility index (Phi) is 4.04. The van der Waals surface area contributed by atoms with E-state index in [1.54, 1.807) is 13.0 Å². The van der Waals surface area contributed by atoms with Crippen LogP contribution in [-0.2, 0) is 9.59 Å². The van der Waals surface area contributed by atoms with Gasteiger partial charge in [0.25, 0.3) is 0 Å². The zero-order valence-corrected chi connectivity index (χ0v) is 10.4. The number of carbonyl (C=O) groups is 3. The van der Waals surface area contributed by atoms with E-state index in [4.69, 9.17) is 0 Å². The van der Waals surface area contributed by atoms with Crippen LogP contribution in [0.1, 0.15) is 40.0 Å². The molecule has 0 atom stereocenters. The molecule has 0 saturated carbocycles. The minimum absolute atomic E-state index is 0.408. The molecule has 1 fully saturated rings. The van der Waals surface area contributed by atoms with Gasteiger partial charge in [0.05, 0.1) is 0 Å². The molecule has 0 unspecified atom stereocenters. The molecule has 5 heteroatoms. The van der Waals surface area contributed by atoms with Crippen LogP contribution in [0.2, 0.25) is 0 Å². The number of barbiturate groups is 1. The van der Waals surface area contributed by atoms with Crippen LogP contribution in [-0.4, -0.2) is 17.8 Å². The van der Waals surface area contributed by atoms with Gasteiger partial charge in [0.15, 0.2) is 0 Å². The fourth-order valence-corrected chi connectivity index (χ4v) is 2.36. The minimum Gasteiger partial charge on any atom is -0.277 e. The minimum atomic E-state index is -1.22. The van der Waals surface area contributed by atoms with E-state index < -0.39 is 23.3 Å². The number of hydrogen-bond donors (Lipinski definition) is 2. The third-order valence-corrected chi connectivity index (χ3v) is 3.13. The highest BCUT2D eigenvalue weighted by Gasteiger charge is 2.51. The van der Waals surface area contributed by atoms with Crippen molar-refractivity contribution in [2.24, 2.45) is 5.41 Å². The van der Waals surface area contributed by atoms with Gasteiger partial charge in [0.1, 0.15) is 5.41 Å². The van der Waals surface area contributed by atoms with Gasteiger partial charge < -0.3 is 0 Å². The normalized spacial score (nSPS) is 19.9. The van der Waals surface area contributed by atoms with Crippen LogP contribution in [0.15, 0.2) is 11.6 Å². The fraction of sp³-hybridized carbons (Fsp3) is 0.583. The van der Waals surface area contributed by atoms with Gasteiger partial charge in [-0.05, 0) is 25.3 Å². The Morgan fingerprint density at radius 2 is 1.71 bits per heavy atom. The lowest BCUT2D eigenvalue weighted by molar-refractivity contribution is -0.142. The van der Waals surface area contributed by atoms with E-state index in [0.717, 1.165) is 5.57 Å². The van der Waals surface area contributed by atoms with Gasteiger partial charge in [0.2, 0.25) is 11.8 Å². The number of urea groups is 1. The van der Waals surface area contributed by atoms with Crippen molar-refractivity contribution in [1.29, 1.82) is 0 Å². The molecule has 0 bridgehead atoms. The summed E-state index contributed by atoms with van der Waals surface area (Å²) >= 11 is 0. The van der Waals surface area contributed by atoms with E-state index in [1.807, 2.05) is 13.8 Å². The first-order valence-electron chi connectivity index (χ1n) is 5.85. The topological polar surface area (TPSA) is 75.3 Å². The molecule has 0 aliphatic carbocycles. The van der Waals surface area contributed by atoms with E-state index >= 15 is 0 Å². The number of allylic oxidation sites excluding steroid dienone is 1. The third kappa shape index (κ3) is 2.09. The van der Waals surface area contributed by atoms with Crippen LogP contribution < -0.4 is 10.6 Å². The van der Waals surface area contributed by atoms with Crippen LogP contribution in [0.3, 0.4) is 0 Å². The predicted molar refractivity (Wildman–Crippen MR) is 63.1 cm³/mol. The number of carbonyl (C=O) groups excluding carboxylic acids is 3. The number of imide groups is 2. The second-order valence-corrected chi connectivity index (χ2v) is 4.06. The summed E-state index contributed by atoms with van der Waals surface area (Å²) in [5, 5.41) is 4.37. The Balaban J connectivity index is 3.26. The van der Waals surface area contributed by atoms with Crippen LogP contribution in [0.4, 0.5) is 4.79 Å². The van der Waals surface area contributed by atoms with Gasteiger partial charge >= 0.3 is 6.03 Å². The van der Waals surface area contributed by atoms with Gasteiger partial charge in [-0.15, -0.1) is 0 Å². The molecule has 1 rings (SSSR count). The molecule has 1 saturated heterocycles. The van der Waals surface area contributed by atoms with E-state index in [1.165, 1.54) is 0 Å². The summed E-state index contributed by atoms with van der Waals surface area (Å²) in [4.78, 5) is 35.2. The lowest BCUT2D eigenvalue weighted by Gasteiger charge is -2.35. The molecule has 5 nitrogen and oxygen atoms in total. The average molecular weight is 238 g/mol. The zero-order valence-electron chi connectivity index (χ0n) is 10.4. The van der Waals surface area contributed by atoms with Gasteiger partial charge in [0, 0.05) is 0 Å². The van der Waals surface area contributed by atoms with Crippen molar-refractivity contribution < 1.29 is 14.4 Å². The van der Waals surface area contributed by atoms with Crippen molar-refractivity contribution in [3.05, 3.63) is 11.6 Å². The molecule has 0 radical (unpaired) electrons.